The summed E-state index contributed by atoms with van der Waals surface area (Å²) in [4.78, 5) is 5.11. The second-order valence-corrected chi connectivity index (χ2v) is 4.11. The minimum atomic E-state index is 0.320. The van der Waals surface area contributed by atoms with E-state index in [2.05, 4.69) is 5.48 Å². The first kappa shape index (κ1) is 18.7. The summed E-state index contributed by atoms with van der Waals surface area (Å²) in [5.41, 5.74) is 2.69. The first-order valence-corrected chi connectivity index (χ1v) is 7.31. The quantitative estimate of drug-likeness (QED) is 0.646. The molecule has 0 bridgehead atoms. The summed E-state index contributed by atoms with van der Waals surface area (Å²) < 4.78 is 31.9. The van der Waals surface area contributed by atoms with Crippen LogP contribution in [0.2, 0.25) is 0 Å². The van der Waals surface area contributed by atoms with Crippen molar-refractivity contribution in [3.8, 4) is 0 Å². The molecule has 0 atom stereocenters. The Morgan fingerprint density at radius 3 is 1.14 bits per heavy atom. The summed E-state index contributed by atoms with van der Waals surface area (Å²) in [5.74, 6) is 0. The number of rotatable bonds is 0. The first-order valence-electron chi connectivity index (χ1n) is 7.31. The molecule has 0 unspecified atom stereocenters. The van der Waals surface area contributed by atoms with Gasteiger partial charge < -0.3 is 28.4 Å². The Hall–Kier alpha value is -0.320. The van der Waals surface area contributed by atoms with Gasteiger partial charge in [-0.15, -0.1) is 0 Å². The molecule has 0 saturated carbocycles. The predicted octanol–water partition coefficient (Wildman–Crippen LogP) is -0.422. The van der Waals surface area contributed by atoms with Crippen LogP contribution in [0.5, 0.6) is 0 Å². The monoisotopic (exact) mass is 309 g/mol. The molecule has 0 aromatic carbocycles. The van der Waals surface area contributed by atoms with E-state index in [1.165, 1.54) is 0 Å². The second-order valence-electron chi connectivity index (χ2n) is 4.11. The molecule has 0 aliphatic carbocycles. The van der Waals surface area contributed by atoms with E-state index in [1.54, 1.807) is 0 Å². The van der Waals surface area contributed by atoms with E-state index in [0.717, 1.165) is 0 Å². The Bertz CT molecular complexity index is 117. The highest BCUT2D eigenvalue weighted by Crippen LogP contribution is 1.85. The summed E-state index contributed by atoms with van der Waals surface area (Å²) in [5, 5.41) is 0. The van der Waals surface area contributed by atoms with Gasteiger partial charge in [-0.2, -0.15) is 5.48 Å². The Morgan fingerprint density at radius 2 is 0.714 bits per heavy atom. The van der Waals surface area contributed by atoms with Crippen molar-refractivity contribution < 1.29 is 33.3 Å². The molecular formula is C13H27NO7. The van der Waals surface area contributed by atoms with Crippen LogP contribution in [0.15, 0.2) is 0 Å². The Kier molecular flexibility index (Phi) is 14.3. The van der Waals surface area contributed by atoms with Gasteiger partial charge in [0.05, 0.1) is 79.3 Å². The van der Waals surface area contributed by atoms with Crippen molar-refractivity contribution in [2.75, 3.05) is 86.0 Å². The van der Waals surface area contributed by atoms with Crippen molar-refractivity contribution in [2.45, 2.75) is 0 Å². The van der Waals surface area contributed by atoms with E-state index >= 15 is 0 Å². The fourth-order valence-corrected chi connectivity index (χ4v) is 1.43. The molecule has 1 N–H and O–H groups in total. The molecule has 1 saturated heterocycles. The van der Waals surface area contributed by atoms with Gasteiger partial charge in [-0.25, -0.2) is 0 Å². The molecule has 21 heavy (non-hydrogen) atoms. The standard InChI is InChI=1S/C13H27NO7/c1-2-16-5-6-18-9-10-20-13-14-21-12-11-19-8-7-17-4-3-15-1/h14H,1-13H2. The van der Waals surface area contributed by atoms with Crippen LogP contribution in [0.1, 0.15) is 0 Å². The molecule has 8 heteroatoms. The van der Waals surface area contributed by atoms with E-state index in [0.29, 0.717) is 86.0 Å². The molecule has 1 aliphatic heterocycles. The number of nitrogens with one attached hydrogen (secondary N) is 1. The average Bonchev–Trinajstić information content (AvgIpc) is 2.50. The molecule has 0 amide bonds. The van der Waals surface area contributed by atoms with Gasteiger partial charge >= 0.3 is 0 Å². The van der Waals surface area contributed by atoms with Crippen molar-refractivity contribution in [1.82, 2.24) is 5.48 Å². The van der Waals surface area contributed by atoms with Gasteiger partial charge in [-0.3, -0.25) is 4.84 Å². The Balaban J connectivity index is 2.00. The topological polar surface area (TPSA) is 76.6 Å². The predicted molar refractivity (Wildman–Crippen MR) is 74.0 cm³/mol. The molecule has 1 aliphatic rings. The van der Waals surface area contributed by atoms with E-state index in [-0.39, 0.29) is 0 Å². The molecule has 0 aromatic rings. The van der Waals surface area contributed by atoms with Gasteiger partial charge in [-0.05, 0) is 0 Å². The lowest BCUT2D eigenvalue weighted by Crippen LogP contribution is -2.22. The number of ether oxygens (including phenoxy) is 6. The van der Waals surface area contributed by atoms with E-state index < -0.39 is 0 Å². The van der Waals surface area contributed by atoms with Crippen LogP contribution < -0.4 is 5.48 Å². The fraction of sp³-hybridized carbons (Fsp3) is 1.00. The number of hydroxylamine groups is 1. The lowest BCUT2D eigenvalue weighted by atomic mass is 10.7. The van der Waals surface area contributed by atoms with Crippen LogP contribution in [-0.2, 0) is 33.3 Å². The smallest absolute Gasteiger partial charge is 0.119 e. The lowest BCUT2D eigenvalue weighted by Gasteiger charge is -2.08. The van der Waals surface area contributed by atoms with Crippen LogP contribution in [0, 0.1) is 0 Å². The largest absolute Gasteiger partial charge is 0.377 e. The molecule has 0 spiro atoms. The van der Waals surface area contributed by atoms with Gasteiger partial charge in [0, 0.05) is 0 Å². The van der Waals surface area contributed by atoms with Crippen molar-refractivity contribution in [1.29, 1.82) is 0 Å². The van der Waals surface area contributed by atoms with Crippen LogP contribution >= 0.6 is 0 Å². The minimum absolute atomic E-state index is 0.320. The third-order valence-electron chi connectivity index (χ3n) is 2.45. The fourth-order valence-electron chi connectivity index (χ4n) is 1.43. The van der Waals surface area contributed by atoms with Gasteiger partial charge in [0.1, 0.15) is 6.73 Å². The molecular weight excluding hydrogens is 282 g/mol. The Labute approximate surface area is 125 Å². The first-order chi connectivity index (χ1) is 10.5. The summed E-state index contributed by atoms with van der Waals surface area (Å²) in [7, 11) is 0. The van der Waals surface area contributed by atoms with E-state index in [9.17, 15) is 0 Å². The third-order valence-corrected chi connectivity index (χ3v) is 2.45. The average molecular weight is 309 g/mol. The zero-order chi connectivity index (χ0) is 14.8. The molecule has 8 nitrogen and oxygen atoms in total. The van der Waals surface area contributed by atoms with Crippen molar-refractivity contribution in [3.63, 3.8) is 0 Å². The van der Waals surface area contributed by atoms with Gasteiger partial charge in [0.25, 0.3) is 0 Å². The summed E-state index contributed by atoms with van der Waals surface area (Å²) in [6.07, 6.45) is 0. The van der Waals surface area contributed by atoms with Crippen molar-refractivity contribution >= 4 is 0 Å². The van der Waals surface area contributed by atoms with Crippen LogP contribution in [0.25, 0.3) is 0 Å². The summed E-state index contributed by atoms with van der Waals surface area (Å²) in [6, 6.07) is 0. The van der Waals surface area contributed by atoms with Crippen molar-refractivity contribution in [2.24, 2.45) is 0 Å². The maximum atomic E-state index is 5.35. The Morgan fingerprint density at radius 1 is 0.381 bits per heavy atom. The zero-order valence-electron chi connectivity index (χ0n) is 12.6. The van der Waals surface area contributed by atoms with E-state index in [4.69, 9.17) is 33.3 Å². The SMILES string of the molecule is C1COCCOCCOCNOCCOCCOCCO1. The molecule has 1 fully saturated rings. The van der Waals surface area contributed by atoms with Crippen LogP contribution in [-0.4, -0.2) is 86.0 Å². The van der Waals surface area contributed by atoms with Gasteiger partial charge in [0.2, 0.25) is 0 Å². The van der Waals surface area contributed by atoms with Crippen LogP contribution in [0.3, 0.4) is 0 Å². The third kappa shape index (κ3) is 14.4. The highest BCUT2D eigenvalue weighted by molar-refractivity contribution is 4.37. The maximum Gasteiger partial charge on any atom is 0.119 e. The van der Waals surface area contributed by atoms with Crippen molar-refractivity contribution in [3.05, 3.63) is 0 Å². The summed E-state index contributed by atoms with van der Waals surface area (Å²) >= 11 is 0. The zero-order valence-corrected chi connectivity index (χ0v) is 12.6. The minimum Gasteiger partial charge on any atom is -0.377 e. The number of hydrogen-bond acceptors (Lipinski definition) is 8. The highest BCUT2D eigenvalue weighted by Gasteiger charge is 1.95. The van der Waals surface area contributed by atoms with Gasteiger partial charge in [-0.1, -0.05) is 0 Å². The summed E-state index contributed by atoms with van der Waals surface area (Å²) in [6.45, 7) is 6.76. The molecule has 126 valence electrons. The van der Waals surface area contributed by atoms with E-state index in [1.807, 2.05) is 0 Å². The lowest BCUT2D eigenvalue weighted by molar-refractivity contribution is -0.0660. The highest BCUT2D eigenvalue weighted by atomic mass is 16.7. The molecule has 1 heterocycles. The molecule has 0 radical (unpaired) electrons. The molecule has 1 rings (SSSR count). The normalized spacial score (nSPS) is 24.0. The molecule has 0 aromatic heterocycles. The van der Waals surface area contributed by atoms with Crippen LogP contribution in [0.4, 0.5) is 0 Å². The van der Waals surface area contributed by atoms with Gasteiger partial charge in [0.15, 0.2) is 0 Å². The maximum absolute atomic E-state index is 5.35. The second kappa shape index (κ2) is 16.1. The number of hydrogen-bond donors (Lipinski definition) is 1.